The van der Waals surface area contributed by atoms with Crippen molar-refractivity contribution in [3.8, 4) is 0 Å². The summed E-state index contributed by atoms with van der Waals surface area (Å²) in [4.78, 5) is 3.00. The van der Waals surface area contributed by atoms with Crippen molar-refractivity contribution in [2.45, 2.75) is 6.92 Å². The van der Waals surface area contributed by atoms with Gasteiger partial charge < -0.3 is 4.98 Å². The molecule has 0 amide bonds. The Hall–Kier alpha value is -1.24. The molecule has 0 aromatic carbocycles. The summed E-state index contributed by atoms with van der Waals surface area (Å²) < 4.78 is 0. The molecule has 1 N–H and O–H groups in total. The number of H-pyrrole nitrogens is 1. The van der Waals surface area contributed by atoms with Crippen LogP contribution in [0.25, 0.3) is 12.2 Å². The van der Waals surface area contributed by atoms with E-state index in [-0.39, 0.29) is 0 Å². The smallest absolute Gasteiger partial charge is 0.0383 e. The van der Waals surface area contributed by atoms with E-state index in [0.717, 1.165) is 16.1 Å². The summed E-state index contributed by atoms with van der Waals surface area (Å²) in [6.45, 7) is 9.52. The number of hydrogen-bond acceptors (Lipinski definition) is 0. The van der Waals surface area contributed by atoms with E-state index in [2.05, 4.69) is 18.1 Å². The van der Waals surface area contributed by atoms with E-state index in [4.69, 9.17) is 0 Å². The molecule has 1 rings (SSSR count). The van der Waals surface area contributed by atoms with E-state index >= 15 is 0 Å². The fourth-order valence-electron chi connectivity index (χ4n) is 0.883. The normalized spacial score (nSPS) is 12.9. The standard InChI is InChI=1S/C9H11N/c1-4-7(2)9-5-6-10-8(9)3/h4-6,10H,1,3H2,2H3/b9-7-. The summed E-state index contributed by atoms with van der Waals surface area (Å²) in [5.74, 6) is 0. The molecule has 0 saturated carbocycles. The molecule has 0 fully saturated rings. The number of aromatic amines is 1. The lowest BCUT2D eigenvalue weighted by Crippen LogP contribution is -2.21. The zero-order valence-corrected chi connectivity index (χ0v) is 6.15. The topological polar surface area (TPSA) is 15.8 Å². The van der Waals surface area contributed by atoms with Gasteiger partial charge in [0.2, 0.25) is 0 Å². The van der Waals surface area contributed by atoms with Crippen LogP contribution in [-0.4, -0.2) is 4.98 Å². The van der Waals surface area contributed by atoms with Crippen LogP contribution in [0.4, 0.5) is 0 Å². The largest absolute Gasteiger partial charge is 0.362 e. The Morgan fingerprint density at radius 1 is 1.70 bits per heavy atom. The Labute approximate surface area is 60.4 Å². The number of nitrogens with one attached hydrogen (secondary N) is 1. The predicted octanol–water partition coefficient (Wildman–Crippen LogP) is 0.782. The lowest BCUT2D eigenvalue weighted by atomic mass is 10.2. The van der Waals surface area contributed by atoms with Crippen LogP contribution in [0.1, 0.15) is 6.92 Å². The molecule has 0 aliphatic carbocycles. The molecule has 1 heteroatoms. The first kappa shape index (κ1) is 6.87. The van der Waals surface area contributed by atoms with Gasteiger partial charge in [-0.1, -0.05) is 19.2 Å². The van der Waals surface area contributed by atoms with Crippen LogP contribution in [-0.2, 0) is 0 Å². The molecular weight excluding hydrogens is 122 g/mol. The average molecular weight is 133 g/mol. The van der Waals surface area contributed by atoms with Gasteiger partial charge in [-0.3, -0.25) is 0 Å². The highest BCUT2D eigenvalue weighted by molar-refractivity contribution is 5.52. The summed E-state index contributed by atoms with van der Waals surface area (Å²) in [5, 5.41) is 2.10. The molecule has 10 heavy (non-hydrogen) atoms. The zero-order valence-electron chi connectivity index (χ0n) is 6.15. The minimum absolute atomic E-state index is 0.956. The van der Waals surface area contributed by atoms with Crippen LogP contribution < -0.4 is 10.6 Å². The molecule has 52 valence electrons. The third-order valence-electron chi connectivity index (χ3n) is 1.56. The second-order valence-corrected chi connectivity index (χ2v) is 2.26. The van der Waals surface area contributed by atoms with Crippen LogP contribution in [0.15, 0.2) is 24.9 Å². The Bertz CT molecular complexity index is 330. The van der Waals surface area contributed by atoms with Gasteiger partial charge in [-0.25, -0.2) is 0 Å². The van der Waals surface area contributed by atoms with E-state index in [1.807, 2.05) is 25.3 Å². The van der Waals surface area contributed by atoms with Gasteiger partial charge in [0, 0.05) is 16.8 Å². The quantitative estimate of drug-likeness (QED) is 0.582. The lowest BCUT2D eigenvalue weighted by molar-refractivity contribution is 1.32. The van der Waals surface area contributed by atoms with Gasteiger partial charge in [0.15, 0.2) is 0 Å². The van der Waals surface area contributed by atoms with Crippen molar-refractivity contribution in [3.05, 3.63) is 35.5 Å². The molecule has 0 atom stereocenters. The molecule has 0 bridgehead atoms. The van der Waals surface area contributed by atoms with Crippen LogP contribution in [0.3, 0.4) is 0 Å². The molecule has 1 aromatic rings. The minimum atomic E-state index is 0.956. The van der Waals surface area contributed by atoms with Gasteiger partial charge in [0.05, 0.1) is 0 Å². The lowest BCUT2D eigenvalue weighted by Gasteiger charge is -1.84. The summed E-state index contributed by atoms with van der Waals surface area (Å²) in [6.07, 6.45) is 3.71. The van der Waals surface area contributed by atoms with Crippen molar-refractivity contribution >= 4 is 12.2 Å². The van der Waals surface area contributed by atoms with E-state index < -0.39 is 0 Å². The van der Waals surface area contributed by atoms with Gasteiger partial charge in [-0.15, -0.1) is 0 Å². The first-order chi connectivity index (χ1) is 4.75. The zero-order chi connectivity index (χ0) is 7.56. The number of allylic oxidation sites excluding steroid dienone is 1. The Kier molecular flexibility index (Phi) is 1.76. The van der Waals surface area contributed by atoms with Crippen molar-refractivity contribution < 1.29 is 0 Å². The second-order valence-electron chi connectivity index (χ2n) is 2.26. The number of aromatic nitrogens is 1. The van der Waals surface area contributed by atoms with Gasteiger partial charge in [0.25, 0.3) is 0 Å². The molecule has 0 aliphatic rings. The Morgan fingerprint density at radius 3 is 2.80 bits per heavy atom. The first-order valence-corrected chi connectivity index (χ1v) is 3.21. The summed E-state index contributed by atoms with van der Waals surface area (Å²) in [7, 11) is 0. The van der Waals surface area contributed by atoms with Crippen LogP contribution >= 0.6 is 0 Å². The second kappa shape index (κ2) is 2.56. The Morgan fingerprint density at radius 2 is 2.40 bits per heavy atom. The average Bonchev–Trinajstić information content (AvgIpc) is 2.34. The number of hydrogen-bond donors (Lipinski definition) is 1. The van der Waals surface area contributed by atoms with Crippen molar-refractivity contribution in [3.63, 3.8) is 0 Å². The predicted molar refractivity (Wildman–Crippen MR) is 44.8 cm³/mol. The molecule has 1 nitrogen and oxygen atoms in total. The molecular formula is C9H11N. The molecule has 0 aliphatic heterocycles. The van der Waals surface area contributed by atoms with Crippen molar-refractivity contribution in [1.82, 2.24) is 4.98 Å². The molecule has 0 saturated heterocycles. The highest BCUT2D eigenvalue weighted by atomic mass is 14.6. The maximum absolute atomic E-state index is 3.83. The summed E-state index contributed by atoms with van der Waals surface area (Å²) >= 11 is 0. The number of rotatable bonds is 1. The highest BCUT2D eigenvalue weighted by Crippen LogP contribution is 1.86. The van der Waals surface area contributed by atoms with Gasteiger partial charge in [-0.05, 0) is 18.6 Å². The van der Waals surface area contributed by atoms with E-state index in [1.165, 1.54) is 0 Å². The molecule has 1 aromatic heterocycles. The van der Waals surface area contributed by atoms with Crippen LogP contribution in [0, 0.1) is 0 Å². The van der Waals surface area contributed by atoms with Crippen LogP contribution in [0.2, 0.25) is 0 Å². The highest BCUT2D eigenvalue weighted by Gasteiger charge is 1.85. The molecule has 0 radical (unpaired) electrons. The monoisotopic (exact) mass is 133 g/mol. The van der Waals surface area contributed by atoms with E-state index in [0.29, 0.717) is 0 Å². The fraction of sp³-hybridized carbons (Fsp3) is 0.111. The molecule has 0 spiro atoms. The Balaban J connectivity index is 3.55. The van der Waals surface area contributed by atoms with Gasteiger partial charge in [0.1, 0.15) is 0 Å². The minimum Gasteiger partial charge on any atom is -0.362 e. The molecule has 0 unspecified atom stereocenters. The SMILES string of the molecule is C=C/C(C)=c1/cc[nH]c1=C. The van der Waals surface area contributed by atoms with Crippen molar-refractivity contribution in [2.24, 2.45) is 0 Å². The molecule has 1 heterocycles. The van der Waals surface area contributed by atoms with E-state index in [1.54, 1.807) is 0 Å². The third kappa shape index (κ3) is 1.03. The first-order valence-electron chi connectivity index (χ1n) is 3.21. The van der Waals surface area contributed by atoms with Crippen LogP contribution in [0.5, 0.6) is 0 Å². The fourth-order valence-corrected chi connectivity index (χ4v) is 0.883. The maximum Gasteiger partial charge on any atom is 0.0383 e. The third-order valence-corrected chi connectivity index (χ3v) is 1.56. The van der Waals surface area contributed by atoms with Crippen molar-refractivity contribution in [2.75, 3.05) is 0 Å². The maximum atomic E-state index is 3.83. The summed E-state index contributed by atoms with van der Waals surface area (Å²) in [6, 6.07) is 2.00. The van der Waals surface area contributed by atoms with Gasteiger partial charge in [-0.2, -0.15) is 0 Å². The van der Waals surface area contributed by atoms with Gasteiger partial charge >= 0.3 is 0 Å². The summed E-state index contributed by atoms with van der Waals surface area (Å²) in [5.41, 5.74) is 1.16. The van der Waals surface area contributed by atoms with E-state index in [9.17, 15) is 0 Å². The van der Waals surface area contributed by atoms with Crippen molar-refractivity contribution in [1.29, 1.82) is 0 Å².